The number of anilines is 1. The molecular formula is C21H18ClF3N2O4S2. The van der Waals surface area contributed by atoms with E-state index in [1.54, 1.807) is 25.3 Å². The average Bonchev–Trinajstić information content (AvgIpc) is 3.19. The molecule has 6 nitrogen and oxygen atoms in total. The van der Waals surface area contributed by atoms with E-state index in [9.17, 15) is 21.6 Å². The van der Waals surface area contributed by atoms with Gasteiger partial charge >= 0.3 is 6.18 Å². The molecule has 1 aliphatic rings. The molecule has 2 aromatic carbocycles. The van der Waals surface area contributed by atoms with E-state index in [4.69, 9.17) is 21.1 Å². The lowest BCUT2D eigenvalue weighted by molar-refractivity contribution is -0.137. The van der Waals surface area contributed by atoms with Crippen LogP contribution < -0.4 is 14.2 Å². The minimum absolute atomic E-state index is 0.0273. The first-order valence-corrected chi connectivity index (χ1v) is 12.4. The van der Waals surface area contributed by atoms with Crippen LogP contribution in [0.15, 0.2) is 52.9 Å². The van der Waals surface area contributed by atoms with Gasteiger partial charge in [0.15, 0.2) is 5.13 Å². The highest BCUT2D eigenvalue weighted by molar-refractivity contribution is 7.93. The van der Waals surface area contributed by atoms with E-state index in [-0.39, 0.29) is 20.8 Å². The number of thiazole rings is 1. The van der Waals surface area contributed by atoms with E-state index in [1.165, 1.54) is 24.4 Å². The van der Waals surface area contributed by atoms with Crippen molar-refractivity contribution < 1.29 is 31.1 Å². The molecule has 33 heavy (non-hydrogen) atoms. The molecule has 3 aromatic rings. The number of halogens is 4. The van der Waals surface area contributed by atoms with Gasteiger partial charge in [0.05, 0.1) is 15.5 Å². The zero-order valence-corrected chi connectivity index (χ0v) is 19.7. The molecule has 0 spiro atoms. The molecule has 0 unspecified atom stereocenters. The van der Waals surface area contributed by atoms with Crippen LogP contribution in [-0.2, 0) is 16.2 Å². The predicted molar refractivity (Wildman–Crippen MR) is 119 cm³/mol. The van der Waals surface area contributed by atoms with Gasteiger partial charge in [0.25, 0.3) is 10.0 Å². The van der Waals surface area contributed by atoms with E-state index in [2.05, 4.69) is 9.71 Å². The Hall–Kier alpha value is -2.50. The van der Waals surface area contributed by atoms with Crippen molar-refractivity contribution >= 4 is 38.1 Å². The zero-order chi connectivity index (χ0) is 24.0. The lowest BCUT2D eigenvalue weighted by Crippen LogP contribution is -2.36. The van der Waals surface area contributed by atoms with Crippen molar-refractivity contribution in [3.8, 4) is 11.5 Å². The van der Waals surface area contributed by atoms with Crippen LogP contribution in [0.3, 0.4) is 0 Å². The summed E-state index contributed by atoms with van der Waals surface area (Å²) >= 11 is 7.20. The van der Waals surface area contributed by atoms with E-state index in [1.807, 2.05) is 0 Å². The third-order valence-corrected chi connectivity index (χ3v) is 7.34. The summed E-state index contributed by atoms with van der Waals surface area (Å²) in [7, 11) is -3.91. The Morgan fingerprint density at radius 1 is 1.24 bits per heavy atom. The molecule has 0 aliphatic carbocycles. The van der Waals surface area contributed by atoms with Crippen molar-refractivity contribution in [2.45, 2.75) is 43.0 Å². The van der Waals surface area contributed by atoms with E-state index in [0.717, 1.165) is 23.5 Å². The van der Waals surface area contributed by atoms with Crippen LogP contribution in [0, 0.1) is 0 Å². The first-order chi connectivity index (χ1) is 15.3. The lowest BCUT2D eigenvalue weighted by atomic mass is 9.91. The van der Waals surface area contributed by atoms with Crippen molar-refractivity contribution in [3.63, 3.8) is 0 Å². The summed E-state index contributed by atoms with van der Waals surface area (Å²) in [6.07, 6.45) is -3.30. The molecule has 0 amide bonds. The summed E-state index contributed by atoms with van der Waals surface area (Å²) in [5, 5.41) is 1.69. The number of hydrogen-bond acceptors (Lipinski definition) is 6. The fraction of sp³-hybridized carbons (Fsp3) is 0.286. The summed E-state index contributed by atoms with van der Waals surface area (Å²) in [4.78, 5) is 3.89. The van der Waals surface area contributed by atoms with E-state index < -0.39 is 33.5 Å². The maximum atomic E-state index is 12.9. The molecule has 2 heterocycles. The van der Waals surface area contributed by atoms with Crippen LogP contribution in [0.4, 0.5) is 18.3 Å². The maximum absolute atomic E-state index is 12.9. The molecule has 1 atom stereocenters. The molecule has 176 valence electrons. The molecule has 1 aromatic heterocycles. The minimum Gasteiger partial charge on any atom is -0.487 e. The van der Waals surface area contributed by atoms with Gasteiger partial charge in [-0.05, 0) is 38.1 Å². The fourth-order valence-corrected chi connectivity index (χ4v) is 5.44. The van der Waals surface area contributed by atoms with Crippen LogP contribution in [0.25, 0.3) is 0 Å². The van der Waals surface area contributed by atoms with Crippen molar-refractivity contribution in [1.82, 2.24) is 4.98 Å². The Labute approximate surface area is 197 Å². The number of fused-ring (bicyclic) bond motifs is 1. The fourth-order valence-electron chi connectivity index (χ4n) is 3.41. The summed E-state index contributed by atoms with van der Waals surface area (Å²) in [6, 6.07) is 7.22. The normalized spacial score (nSPS) is 17.7. The highest BCUT2D eigenvalue weighted by Crippen LogP contribution is 2.44. The highest BCUT2D eigenvalue weighted by Gasteiger charge is 2.37. The highest BCUT2D eigenvalue weighted by atomic mass is 35.5. The zero-order valence-electron chi connectivity index (χ0n) is 17.3. The maximum Gasteiger partial charge on any atom is 0.416 e. The number of alkyl halides is 3. The minimum atomic E-state index is -4.52. The summed E-state index contributed by atoms with van der Waals surface area (Å²) in [5.74, 6) is 0.377. The van der Waals surface area contributed by atoms with Crippen molar-refractivity contribution in [2.24, 2.45) is 0 Å². The number of rotatable bonds is 5. The van der Waals surface area contributed by atoms with Crippen molar-refractivity contribution in [2.75, 3.05) is 4.72 Å². The number of sulfonamides is 1. The Morgan fingerprint density at radius 2 is 2.00 bits per heavy atom. The number of benzene rings is 2. The van der Waals surface area contributed by atoms with Gasteiger partial charge in [0.2, 0.25) is 0 Å². The SMILES string of the molecule is CC1(C)C[C@@H](Oc2ccc(C(F)(F)F)cc2Cl)c2ccc(S(=O)(=O)Nc3nccs3)cc2O1. The summed E-state index contributed by atoms with van der Waals surface area (Å²) < 4.78 is 78.6. The summed E-state index contributed by atoms with van der Waals surface area (Å²) in [5.41, 5.74) is -1.06. The number of nitrogens with one attached hydrogen (secondary N) is 1. The number of hydrogen-bond donors (Lipinski definition) is 1. The molecule has 0 saturated carbocycles. The first-order valence-electron chi connectivity index (χ1n) is 9.63. The number of aromatic nitrogens is 1. The van der Waals surface area contributed by atoms with Crippen LogP contribution >= 0.6 is 22.9 Å². The van der Waals surface area contributed by atoms with Gasteiger partial charge in [-0.3, -0.25) is 4.72 Å². The third kappa shape index (κ3) is 5.20. The predicted octanol–water partition coefficient (Wildman–Crippen LogP) is 6.30. The summed E-state index contributed by atoms with van der Waals surface area (Å²) in [6.45, 7) is 3.60. The van der Waals surface area contributed by atoms with E-state index >= 15 is 0 Å². The topological polar surface area (TPSA) is 77.5 Å². The molecule has 4 rings (SSSR count). The Morgan fingerprint density at radius 3 is 2.64 bits per heavy atom. The average molecular weight is 519 g/mol. The number of nitrogens with zero attached hydrogens (tertiary/aromatic N) is 1. The molecule has 1 N–H and O–H groups in total. The second-order valence-electron chi connectivity index (χ2n) is 7.96. The van der Waals surface area contributed by atoms with Crippen LogP contribution in [0.5, 0.6) is 11.5 Å². The Bertz CT molecular complexity index is 1280. The molecule has 0 bridgehead atoms. The van der Waals surface area contributed by atoms with Gasteiger partial charge in [-0.2, -0.15) is 13.2 Å². The van der Waals surface area contributed by atoms with Crippen LogP contribution in [0.1, 0.15) is 37.5 Å². The molecule has 0 radical (unpaired) electrons. The molecule has 1 aliphatic heterocycles. The second-order valence-corrected chi connectivity index (χ2v) is 10.9. The van der Waals surface area contributed by atoms with Gasteiger partial charge in [-0.1, -0.05) is 17.7 Å². The Balaban J connectivity index is 1.65. The lowest BCUT2D eigenvalue weighted by Gasteiger charge is -2.37. The van der Waals surface area contributed by atoms with Gasteiger partial charge < -0.3 is 9.47 Å². The largest absolute Gasteiger partial charge is 0.487 e. The van der Waals surface area contributed by atoms with Crippen LogP contribution in [-0.4, -0.2) is 19.0 Å². The van der Waals surface area contributed by atoms with Gasteiger partial charge in [-0.25, -0.2) is 13.4 Å². The molecule has 12 heteroatoms. The smallest absolute Gasteiger partial charge is 0.416 e. The van der Waals surface area contributed by atoms with Crippen LogP contribution in [0.2, 0.25) is 5.02 Å². The Kier molecular flexibility index (Phi) is 6.00. The number of ether oxygens (including phenoxy) is 2. The second kappa shape index (κ2) is 8.37. The van der Waals surface area contributed by atoms with Gasteiger partial charge in [0, 0.05) is 29.6 Å². The van der Waals surface area contributed by atoms with Gasteiger partial charge in [-0.15, -0.1) is 11.3 Å². The third-order valence-electron chi connectivity index (χ3n) is 4.89. The monoisotopic (exact) mass is 518 g/mol. The first kappa shape index (κ1) is 23.7. The van der Waals surface area contributed by atoms with Gasteiger partial charge in [0.1, 0.15) is 23.2 Å². The van der Waals surface area contributed by atoms with Crippen molar-refractivity contribution in [1.29, 1.82) is 0 Å². The standard InChI is InChI=1S/C21H18ClF3N2O4S2/c1-20(2)11-18(30-16-6-3-12(9-15(16)22)21(23,24)25)14-5-4-13(10-17(14)31-20)33(28,29)27-19-26-7-8-32-19/h3-10,18H,11H2,1-2H3,(H,26,27)/t18-/m1/s1. The van der Waals surface area contributed by atoms with Crippen molar-refractivity contribution in [3.05, 3.63) is 64.1 Å². The van der Waals surface area contributed by atoms with E-state index in [0.29, 0.717) is 17.7 Å². The molecular weight excluding hydrogens is 501 g/mol. The molecule has 0 fully saturated rings. The molecule has 0 saturated heterocycles. The quantitative estimate of drug-likeness (QED) is 0.429.